The van der Waals surface area contributed by atoms with Gasteiger partial charge in [-0.25, -0.2) is 4.99 Å². The number of aldehydes is 1. The van der Waals surface area contributed by atoms with Crippen LogP contribution in [-0.2, 0) is 9.59 Å². The van der Waals surface area contributed by atoms with Gasteiger partial charge in [0, 0.05) is 11.9 Å². The van der Waals surface area contributed by atoms with Gasteiger partial charge in [-0.15, -0.1) is 0 Å². The summed E-state index contributed by atoms with van der Waals surface area (Å²) in [5.74, 6) is -0.0524. The molecule has 17 heavy (non-hydrogen) atoms. The first-order chi connectivity index (χ1) is 8.11. The molecule has 0 aromatic heterocycles. The van der Waals surface area contributed by atoms with Gasteiger partial charge in [0.25, 0.3) is 0 Å². The quantitative estimate of drug-likeness (QED) is 0.820. The van der Waals surface area contributed by atoms with Crippen LogP contribution in [0.25, 0.3) is 0 Å². The molecule has 0 bridgehead atoms. The summed E-state index contributed by atoms with van der Waals surface area (Å²) in [6.07, 6.45) is -0.0866. The monoisotopic (exact) mass is 251 g/mol. The SMILES string of the molecule is CC(=O)C1=NC(C=O)N(c2cccc(Cl)c2)N1. The maximum absolute atomic E-state index is 11.2. The van der Waals surface area contributed by atoms with Gasteiger partial charge < -0.3 is 0 Å². The van der Waals surface area contributed by atoms with E-state index in [1.54, 1.807) is 24.3 Å². The van der Waals surface area contributed by atoms with Gasteiger partial charge in [0.15, 0.2) is 24.1 Å². The molecule has 0 fully saturated rings. The van der Waals surface area contributed by atoms with Gasteiger partial charge in [-0.1, -0.05) is 17.7 Å². The Hall–Kier alpha value is -1.88. The van der Waals surface area contributed by atoms with E-state index in [9.17, 15) is 9.59 Å². The predicted molar refractivity (Wildman–Crippen MR) is 65.0 cm³/mol. The van der Waals surface area contributed by atoms with Crippen molar-refractivity contribution in [3.63, 3.8) is 0 Å². The molecule has 0 aliphatic carbocycles. The topological polar surface area (TPSA) is 61.8 Å². The molecule has 1 aliphatic heterocycles. The molecule has 1 aromatic carbocycles. The zero-order chi connectivity index (χ0) is 12.4. The first-order valence-corrected chi connectivity index (χ1v) is 5.35. The maximum Gasteiger partial charge on any atom is 0.197 e. The Kier molecular flexibility index (Phi) is 3.10. The molecule has 88 valence electrons. The van der Waals surface area contributed by atoms with E-state index in [4.69, 9.17) is 11.6 Å². The van der Waals surface area contributed by atoms with Crippen LogP contribution >= 0.6 is 11.6 Å². The lowest BCUT2D eigenvalue weighted by Crippen LogP contribution is -2.43. The van der Waals surface area contributed by atoms with Gasteiger partial charge in [0.05, 0.1) is 5.69 Å². The highest BCUT2D eigenvalue weighted by molar-refractivity contribution is 6.39. The first-order valence-electron chi connectivity index (χ1n) is 4.97. The summed E-state index contributed by atoms with van der Waals surface area (Å²) < 4.78 is 0. The number of nitrogens with one attached hydrogen (secondary N) is 1. The van der Waals surface area contributed by atoms with Crippen molar-refractivity contribution in [3.05, 3.63) is 29.3 Å². The molecule has 5 nitrogen and oxygen atoms in total. The fourth-order valence-electron chi connectivity index (χ4n) is 1.50. The number of halogens is 1. The van der Waals surface area contributed by atoms with Crippen molar-refractivity contribution in [2.75, 3.05) is 5.01 Å². The number of Topliss-reactive ketones (excluding diaryl/α,β-unsaturated/α-hetero) is 1. The number of hydrogen-bond donors (Lipinski definition) is 1. The molecule has 1 unspecified atom stereocenters. The molecular weight excluding hydrogens is 242 g/mol. The number of hydrogen-bond acceptors (Lipinski definition) is 5. The molecule has 1 N–H and O–H groups in total. The third-order valence-electron chi connectivity index (χ3n) is 2.29. The standard InChI is InChI=1S/C11H10ClN3O2/c1-7(17)11-13-10(6-16)15(14-11)9-4-2-3-8(12)5-9/h2-6,10H,1H3,(H,13,14). The Labute approximate surface area is 103 Å². The zero-order valence-corrected chi connectivity index (χ0v) is 9.81. The maximum atomic E-state index is 11.2. The number of anilines is 1. The van der Waals surface area contributed by atoms with Gasteiger partial charge in [0.1, 0.15) is 0 Å². The van der Waals surface area contributed by atoms with Crippen molar-refractivity contribution < 1.29 is 9.59 Å². The second-order valence-electron chi connectivity index (χ2n) is 3.55. The summed E-state index contributed by atoms with van der Waals surface area (Å²) in [6, 6.07) is 6.94. The van der Waals surface area contributed by atoms with Crippen LogP contribution < -0.4 is 10.4 Å². The number of carbonyl (C=O) groups is 2. The number of rotatable bonds is 3. The average molecular weight is 252 g/mol. The Bertz CT molecular complexity index is 501. The molecule has 0 amide bonds. The van der Waals surface area contributed by atoms with E-state index in [1.165, 1.54) is 11.9 Å². The third kappa shape index (κ3) is 2.29. The fraction of sp³-hybridized carbons (Fsp3) is 0.182. The van der Waals surface area contributed by atoms with Crippen molar-refractivity contribution >= 4 is 35.2 Å². The van der Waals surface area contributed by atoms with E-state index in [1.807, 2.05) is 0 Å². The van der Waals surface area contributed by atoms with Crippen LogP contribution in [0.2, 0.25) is 5.02 Å². The van der Waals surface area contributed by atoms with Crippen LogP contribution in [0.4, 0.5) is 5.69 Å². The lowest BCUT2D eigenvalue weighted by Gasteiger charge is -2.21. The molecule has 0 saturated carbocycles. The van der Waals surface area contributed by atoms with Crippen LogP contribution in [0.1, 0.15) is 6.92 Å². The molecule has 0 spiro atoms. The molecule has 6 heteroatoms. The smallest absolute Gasteiger partial charge is 0.197 e. The van der Waals surface area contributed by atoms with Crippen molar-refractivity contribution in [2.45, 2.75) is 13.1 Å². The van der Waals surface area contributed by atoms with Gasteiger partial charge in [-0.3, -0.25) is 20.0 Å². The van der Waals surface area contributed by atoms with Gasteiger partial charge >= 0.3 is 0 Å². The van der Waals surface area contributed by atoms with Crippen molar-refractivity contribution in [1.82, 2.24) is 5.43 Å². The lowest BCUT2D eigenvalue weighted by atomic mass is 10.3. The van der Waals surface area contributed by atoms with E-state index in [2.05, 4.69) is 10.4 Å². The Morgan fingerprint density at radius 2 is 2.35 bits per heavy atom. The van der Waals surface area contributed by atoms with Crippen LogP contribution in [0.5, 0.6) is 0 Å². The second-order valence-corrected chi connectivity index (χ2v) is 3.98. The van der Waals surface area contributed by atoms with E-state index >= 15 is 0 Å². The van der Waals surface area contributed by atoms with Gasteiger partial charge in [0.2, 0.25) is 0 Å². The van der Waals surface area contributed by atoms with Crippen LogP contribution in [0.3, 0.4) is 0 Å². The van der Waals surface area contributed by atoms with Crippen LogP contribution in [-0.4, -0.2) is 24.1 Å². The largest absolute Gasteiger partial charge is 0.299 e. The Balaban J connectivity index is 2.29. The summed E-state index contributed by atoms with van der Waals surface area (Å²) in [5.41, 5.74) is 3.45. The number of amidine groups is 1. The molecule has 2 rings (SSSR count). The number of carbonyl (C=O) groups excluding carboxylic acids is 2. The number of hydrazine groups is 1. The van der Waals surface area contributed by atoms with Crippen LogP contribution in [0, 0.1) is 0 Å². The van der Waals surface area contributed by atoms with E-state index < -0.39 is 6.17 Å². The van der Waals surface area contributed by atoms with E-state index in [0.29, 0.717) is 17.0 Å². The Morgan fingerprint density at radius 1 is 1.59 bits per heavy atom. The minimum absolute atomic E-state index is 0.169. The molecular formula is C11H10ClN3O2. The molecule has 0 radical (unpaired) electrons. The molecule has 1 aliphatic rings. The highest BCUT2D eigenvalue weighted by Crippen LogP contribution is 2.21. The van der Waals surface area contributed by atoms with Crippen molar-refractivity contribution in [2.24, 2.45) is 4.99 Å². The zero-order valence-electron chi connectivity index (χ0n) is 9.05. The second kappa shape index (κ2) is 4.55. The van der Waals surface area contributed by atoms with Gasteiger partial charge in [-0.05, 0) is 18.2 Å². The number of ketones is 1. The number of nitrogens with zero attached hydrogens (tertiary/aromatic N) is 2. The summed E-state index contributed by atoms with van der Waals surface area (Å²) in [4.78, 5) is 26.1. The van der Waals surface area contributed by atoms with Crippen molar-refractivity contribution in [3.8, 4) is 0 Å². The number of aliphatic imine (C=N–C) groups is 1. The van der Waals surface area contributed by atoms with E-state index in [-0.39, 0.29) is 11.6 Å². The lowest BCUT2D eigenvalue weighted by molar-refractivity contribution is -0.111. The van der Waals surface area contributed by atoms with Crippen LogP contribution in [0.15, 0.2) is 29.3 Å². The van der Waals surface area contributed by atoms with E-state index in [0.717, 1.165) is 0 Å². The first kappa shape index (κ1) is 11.6. The highest BCUT2D eigenvalue weighted by Gasteiger charge is 2.27. The van der Waals surface area contributed by atoms with Gasteiger partial charge in [-0.2, -0.15) is 0 Å². The predicted octanol–water partition coefficient (Wildman–Crippen LogP) is 1.18. The molecule has 1 atom stereocenters. The van der Waals surface area contributed by atoms with Crippen molar-refractivity contribution in [1.29, 1.82) is 0 Å². The molecule has 0 saturated heterocycles. The summed E-state index contributed by atoms with van der Waals surface area (Å²) in [6.45, 7) is 1.38. The minimum Gasteiger partial charge on any atom is -0.299 e. The molecule has 1 heterocycles. The highest BCUT2D eigenvalue weighted by atomic mass is 35.5. The third-order valence-corrected chi connectivity index (χ3v) is 2.53. The summed E-state index contributed by atoms with van der Waals surface area (Å²) in [7, 11) is 0. The normalized spacial score (nSPS) is 18.6. The molecule has 1 aromatic rings. The summed E-state index contributed by atoms with van der Waals surface area (Å²) >= 11 is 5.87. The minimum atomic E-state index is -0.743. The fourth-order valence-corrected chi connectivity index (χ4v) is 1.69. The average Bonchev–Trinajstić information content (AvgIpc) is 2.73. The number of benzene rings is 1. The summed E-state index contributed by atoms with van der Waals surface area (Å²) in [5, 5.41) is 2.04. The Morgan fingerprint density at radius 3 is 2.94 bits per heavy atom.